The van der Waals surface area contributed by atoms with E-state index in [9.17, 15) is 13.2 Å². The molecular formula is C15H18F3N3O2. The number of ether oxygens (including phenoxy) is 2. The number of nitrogens with one attached hydrogen (secondary N) is 2. The maximum atomic E-state index is 13.4. The highest BCUT2D eigenvalue weighted by Gasteiger charge is 2.51. The van der Waals surface area contributed by atoms with Crippen LogP contribution in [0.15, 0.2) is 18.2 Å². The fraction of sp³-hybridized carbons (Fsp3) is 0.600. The van der Waals surface area contributed by atoms with Crippen LogP contribution in [-0.4, -0.2) is 43.2 Å². The summed E-state index contributed by atoms with van der Waals surface area (Å²) in [5, 5.41) is 4.62. The summed E-state index contributed by atoms with van der Waals surface area (Å²) in [5.74, 6) is 1.25. The van der Waals surface area contributed by atoms with Gasteiger partial charge < -0.3 is 9.47 Å². The van der Waals surface area contributed by atoms with Crippen LogP contribution < -0.4 is 20.2 Å². The number of rotatable bonds is 1. The van der Waals surface area contributed by atoms with Crippen molar-refractivity contribution in [1.82, 2.24) is 15.8 Å². The lowest BCUT2D eigenvalue weighted by molar-refractivity contribution is -0.207. The summed E-state index contributed by atoms with van der Waals surface area (Å²) in [4.78, 5) is 0. The van der Waals surface area contributed by atoms with Crippen LogP contribution in [0.2, 0.25) is 0 Å². The molecule has 0 amide bonds. The fourth-order valence-corrected chi connectivity index (χ4v) is 3.51. The molecule has 2 fully saturated rings. The molecule has 1 aromatic rings. The Kier molecular flexibility index (Phi) is 3.62. The van der Waals surface area contributed by atoms with Crippen molar-refractivity contribution >= 4 is 0 Å². The van der Waals surface area contributed by atoms with Crippen molar-refractivity contribution in [2.75, 3.05) is 19.8 Å². The molecule has 1 aromatic carbocycles. The Balaban J connectivity index is 1.61. The van der Waals surface area contributed by atoms with E-state index in [-0.39, 0.29) is 18.6 Å². The SMILES string of the molecule is FC(F)(F)C1CC(c2ccc3c(c2)OCCO3)NC2CCNN21. The molecule has 2 N–H and O–H groups in total. The van der Waals surface area contributed by atoms with Gasteiger partial charge in [0.05, 0.1) is 6.17 Å². The molecule has 5 nitrogen and oxygen atoms in total. The molecule has 0 spiro atoms. The second-order valence-corrected chi connectivity index (χ2v) is 6.04. The quantitative estimate of drug-likeness (QED) is 0.825. The molecule has 4 rings (SSSR count). The molecule has 2 saturated heterocycles. The molecule has 126 valence electrons. The predicted octanol–water partition coefficient (Wildman–Crippen LogP) is 1.96. The van der Waals surface area contributed by atoms with Gasteiger partial charge >= 0.3 is 6.18 Å². The molecule has 8 heteroatoms. The van der Waals surface area contributed by atoms with E-state index >= 15 is 0 Å². The maximum Gasteiger partial charge on any atom is 0.405 e. The molecule has 3 aliphatic heterocycles. The Bertz CT molecular complexity index is 596. The average Bonchev–Trinajstić information content (AvgIpc) is 3.00. The van der Waals surface area contributed by atoms with Gasteiger partial charge in [-0.05, 0) is 30.5 Å². The van der Waals surface area contributed by atoms with E-state index < -0.39 is 12.2 Å². The van der Waals surface area contributed by atoms with Crippen LogP contribution in [0.25, 0.3) is 0 Å². The second-order valence-electron chi connectivity index (χ2n) is 6.04. The monoisotopic (exact) mass is 329 g/mol. The molecule has 0 radical (unpaired) electrons. The van der Waals surface area contributed by atoms with Crippen LogP contribution in [-0.2, 0) is 0 Å². The lowest BCUT2D eigenvalue weighted by Crippen LogP contribution is -2.61. The van der Waals surface area contributed by atoms with Gasteiger partial charge in [-0.1, -0.05) is 6.07 Å². The minimum absolute atomic E-state index is 0.0351. The zero-order valence-corrected chi connectivity index (χ0v) is 12.4. The van der Waals surface area contributed by atoms with Gasteiger partial charge in [0.15, 0.2) is 11.5 Å². The Morgan fingerprint density at radius 2 is 1.91 bits per heavy atom. The number of halogens is 3. The topological polar surface area (TPSA) is 45.8 Å². The Hall–Kier alpha value is -1.51. The second kappa shape index (κ2) is 5.54. The summed E-state index contributed by atoms with van der Waals surface area (Å²) < 4.78 is 51.2. The minimum Gasteiger partial charge on any atom is -0.486 e. The van der Waals surface area contributed by atoms with Crippen LogP contribution in [0, 0.1) is 0 Å². The number of hydrogen-bond acceptors (Lipinski definition) is 5. The van der Waals surface area contributed by atoms with Crippen molar-refractivity contribution < 1.29 is 22.6 Å². The number of nitrogens with zero attached hydrogens (tertiary/aromatic N) is 1. The predicted molar refractivity (Wildman–Crippen MR) is 76.0 cm³/mol. The van der Waals surface area contributed by atoms with Gasteiger partial charge in [-0.3, -0.25) is 10.7 Å². The van der Waals surface area contributed by atoms with Gasteiger partial charge in [0.25, 0.3) is 0 Å². The highest BCUT2D eigenvalue weighted by molar-refractivity contribution is 5.44. The highest BCUT2D eigenvalue weighted by Crippen LogP contribution is 2.40. The summed E-state index contributed by atoms with van der Waals surface area (Å²) >= 11 is 0. The molecule has 0 aliphatic carbocycles. The van der Waals surface area contributed by atoms with Crippen molar-refractivity contribution in [2.45, 2.75) is 37.3 Å². The summed E-state index contributed by atoms with van der Waals surface area (Å²) in [6.45, 7) is 1.50. The third-order valence-electron chi connectivity index (χ3n) is 4.58. The Morgan fingerprint density at radius 1 is 1.13 bits per heavy atom. The fourth-order valence-electron chi connectivity index (χ4n) is 3.51. The van der Waals surface area contributed by atoms with Gasteiger partial charge in [-0.2, -0.15) is 13.2 Å². The van der Waals surface area contributed by atoms with Gasteiger partial charge in [0.2, 0.25) is 0 Å². The average molecular weight is 329 g/mol. The Labute approximate surface area is 131 Å². The van der Waals surface area contributed by atoms with Crippen LogP contribution >= 0.6 is 0 Å². The molecule has 3 unspecified atom stereocenters. The van der Waals surface area contributed by atoms with Crippen molar-refractivity contribution in [3.05, 3.63) is 23.8 Å². The van der Waals surface area contributed by atoms with Crippen molar-refractivity contribution in [1.29, 1.82) is 0 Å². The molecule has 0 bridgehead atoms. The van der Waals surface area contributed by atoms with Crippen molar-refractivity contribution in [3.8, 4) is 11.5 Å². The van der Waals surface area contributed by atoms with Crippen LogP contribution in [0.5, 0.6) is 11.5 Å². The first-order valence-electron chi connectivity index (χ1n) is 7.76. The molecule has 3 heterocycles. The van der Waals surface area contributed by atoms with Gasteiger partial charge in [-0.25, -0.2) is 5.01 Å². The lowest BCUT2D eigenvalue weighted by Gasteiger charge is -2.42. The molecule has 23 heavy (non-hydrogen) atoms. The van der Waals surface area contributed by atoms with E-state index in [1.165, 1.54) is 5.01 Å². The van der Waals surface area contributed by atoms with Gasteiger partial charge in [0.1, 0.15) is 19.3 Å². The zero-order valence-electron chi connectivity index (χ0n) is 12.4. The summed E-state index contributed by atoms with van der Waals surface area (Å²) in [6.07, 6.45) is -3.96. The molecule has 0 aromatic heterocycles. The van der Waals surface area contributed by atoms with E-state index in [1.54, 1.807) is 12.1 Å². The first-order valence-corrected chi connectivity index (χ1v) is 7.76. The van der Waals surface area contributed by atoms with Gasteiger partial charge in [-0.15, -0.1) is 0 Å². The molecular weight excluding hydrogens is 311 g/mol. The van der Waals surface area contributed by atoms with Crippen LogP contribution in [0.1, 0.15) is 24.4 Å². The number of fused-ring (bicyclic) bond motifs is 2. The normalized spacial score (nSPS) is 31.0. The summed E-state index contributed by atoms with van der Waals surface area (Å²) in [6, 6.07) is 3.52. The van der Waals surface area contributed by atoms with E-state index in [4.69, 9.17) is 9.47 Å². The first kappa shape index (κ1) is 15.0. The van der Waals surface area contributed by atoms with E-state index in [0.29, 0.717) is 37.7 Å². The van der Waals surface area contributed by atoms with E-state index in [0.717, 1.165) is 5.56 Å². The highest BCUT2D eigenvalue weighted by atomic mass is 19.4. The zero-order chi connectivity index (χ0) is 16.0. The van der Waals surface area contributed by atoms with Crippen molar-refractivity contribution in [3.63, 3.8) is 0 Å². The molecule has 0 saturated carbocycles. The number of hydrazine groups is 1. The first-order chi connectivity index (χ1) is 11.0. The third kappa shape index (κ3) is 2.75. The molecule has 3 atom stereocenters. The lowest BCUT2D eigenvalue weighted by atomic mass is 9.94. The van der Waals surface area contributed by atoms with E-state index in [1.807, 2.05) is 6.07 Å². The smallest absolute Gasteiger partial charge is 0.405 e. The summed E-state index contributed by atoms with van der Waals surface area (Å²) in [7, 11) is 0. The van der Waals surface area contributed by atoms with Crippen molar-refractivity contribution in [2.24, 2.45) is 0 Å². The largest absolute Gasteiger partial charge is 0.486 e. The number of hydrogen-bond donors (Lipinski definition) is 2. The summed E-state index contributed by atoms with van der Waals surface area (Å²) in [5.41, 5.74) is 3.64. The Morgan fingerprint density at radius 3 is 2.70 bits per heavy atom. The van der Waals surface area contributed by atoms with Crippen LogP contribution in [0.4, 0.5) is 13.2 Å². The van der Waals surface area contributed by atoms with Gasteiger partial charge in [0, 0.05) is 12.6 Å². The number of benzene rings is 1. The number of alkyl halides is 3. The minimum atomic E-state index is -4.26. The third-order valence-corrected chi connectivity index (χ3v) is 4.58. The molecule has 3 aliphatic rings. The standard InChI is InChI=1S/C15H18F3N3O2/c16-15(17,18)13-8-10(20-14-3-4-19-21(13)14)9-1-2-11-12(7-9)23-6-5-22-11/h1-2,7,10,13-14,19-20H,3-6,8H2. The van der Waals surface area contributed by atoms with Crippen LogP contribution in [0.3, 0.4) is 0 Å². The van der Waals surface area contributed by atoms with E-state index in [2.05, 4.69) is 10.7 Å². The maximum absolute atomic E-state index is 13.4.